The Morgan fingerprint density at radius 1 is 0.429 bits per heavy atom. The molecule has 0 spiro atoms. The van der Waals surface area contributed by atoms with Gasteiger partial charge in [0.2, 0.25) is 11.8 Å². The standard InChI is InChI=1S/C47H34N6O10/c54-44-38-40(30-15-23-36(24-16-30)52(58)59)50(34-7-3-1-4-8-34)62-42(38)46(56)48(44)32-19-11-28(12-20-32)27-29-13-21-33(22-14-29)49-45(55)39-41(31-17-25-37(26-18-31)53(60)61)51(63-43(39)47(49)57)35-9-5-2-6-10-35/h1-26,38-43H,27H2/t38-,39-,40-,41+,42-,43+/m1/s1. The molecule has 10 rings (SSSR count). The van der Waals surface area contributed by atoms with Crippen LogP contribution in [-0.2, 0) is 35.3 Å². The highest BCUT2D eigenvalue weighted by Crippen LogP contribution is 2.49. The minimum atomic E-state index is -1.12. The second-order valence-corrected chi connectivity index (χ2v) is 15.5. The van der Waals surface area contributed by atoms with Crippen molar-refractivity contribution in [2.75, 3.05) is 19.9 Å². The fraction of sp³-hybridized carbons (Fsp3) is 0.149. The molecule has 6 aromatic rings. The van der Waals surface area contributed by atoms with Crippen molar-refractivity contribution in [2.45, 2.75) is 30.7 Å². The number of nitrogens with zero attached hydrogens (tertiary/aromatic N) is 6. The predicted octanol–water partition coefficient (Wildman–Crippen LogP) is 7.20. The smallest absolute Gasteiger partial charge is 0.269 e. The zero-order valence-electron chi connectivity index (χ0n) is 32.9. The quantitative estimate of drug-likeness (QED) is 0.0769. The van der Waals surface area contributed by atoms with Crippen LogP contribution in [0.25, 0.3) is 0 Å². The first-order valence-electron chi connectivity index (χ1n) is 20.0. The van der Waals surface area contributed by atoms with Gasteiger partial charge in [0, 0.05) is 24.3 Å². The number of para-hydroxylation sites is 2. The molecule has 4 aliphatic rings. The second kappa shape index (κ2) is 15.4. The molecule has 4 heterocycles. The van der Waals surface area contributed by atoms with Crippen molar-refractivity contribution in [3.8, 4) is 0 Å². The van der Waals surface area contributed by atoms with Crippen LogP contribution < -0.4 is 19.9 Å². The molecule has 0 aromatic heterocycles. The zero-order chi connectivity index (χ0) is 43.5. The molecular weight excluding hydrogens is 809 g/mol. The van der Waals surface area contributed by atoms with E-state index in [1.807, 2.05) is 60.7 Å². The van der Waals surface area contributed by atoms with E-state index in [4.69, 9.17) is 9.68 Å². The van der Waals surface area contributed by atoms with Gasteiger partial charge in [0.15, 0.2) is 12.2 Å². The number of hydrogen-bond donors (Lipinski definition) is 0. The second-order valence-electron chi connectivity index (χ2n) is 15.5. The van der Waals surface area contributed by atoms with Gasteiger partial charge < -0.3 is 0 Å². The molecule has 4 aliphatic heterocycles. The maximum Gasteiger partial charge on any atom is 0.269 e. The number of rotatable bonds is 10. The summed E-state index contributed by atoms with van der Waals surface area (Å²) >= 11 is 0. The van der Waals surface area contributed by atoms with E-state index in [2.05, 4.69) is 0 Å². The molecule has 4 fully saturated rings. The maximum absolute atomic E-state index is 14.2. The Morgan fingerprint density at radius 2 is 0.778 bits per heavy atom. The van der Waals surface area contributed by atoms with Gasteiger partial charge >= 0.3 is 0 Å². The monoisotopic (exact) mass is 842 g/mol. The van der Waals surface area contributed by atoms with E-state index >= 15 is 0 Å². The van der Waals surface area contributed by atoms with Crippen molar-refractivity contribution in [3.05, 3.63) is 200 Å². The van der Waals surface area contributed by atoms with Gasteiger partial charge in [0.1, 0.15) is 11.8 Å². The number of non-ortho nitro benzene ring substituents is 2. The number of anilines is 4. The Hall–Kier alpha value is -8.08. The first-order chi connectivity index (χ1) is 30.6. The van der Waals surface area contributed by atoms with Gasteiger partial charge in [-0.1, -0.05) is 84.9 Å². The maximum atomic E-state index is 14.2. The minimum absolute atomic E-state index is 0.103. The van der Waals surface area contributed by atoms with Gasteiger partial charge in [-0.15, -0.1) is 0 Å². The summed E-state index contributed by atoms with van der Waals surface area (Å²) in [6.45, 7) is 0. The highest BCUT2D eigenvalue weighted by molar-refractivity contribution is 6.24. The van der Waals surface area contributed by atoms with Crippen molar-refractivity contribution in [3.63, 3.8) is 0 Å². The number of nitro benzene ring substituents is 2. The molecular formula is C47H34N6O10. The summed E-state index contributed by atoms with van der Waals surface area (Å²) < 4.78 is 0. The fourth-order valence-electron chi connectivity index (χ4n) is 8.96. The number of fused-ring (bicyclic) bond motifs is 2. The summed E-state index contributed by atoms with van der Waals surface area (Å²) in [7, 11) is 0. The molecule has 0 unspecified atom stereocenters. The molecule has 16 heteroatoms. The van der Waals surface area contributed by atoms with Crippen molar-refractivity contribution in [1.82, 2.24) is 0 Å². The molecule has 63 heavy (non-hydrogen) atoms. The normalized spacial score (nSPS) is 22.8. The van der Waals surface area contributed by atoms with Crippen LogP contribution >= 0.6 is 0 Å². The van der Waals surface area contributed by atoms with Gasteiger partial charge in [-0.05, 0) is 77.2 Å². The Balaban J connectivity index is 0.850. The first-order valence-corrected chi connectivity index (χ1v) is 20.0. The zero-order valence-corrected chi connectivity index (χ0v) is 32.9. The summed E-state index contributed by atoms with van der Waals surface area (Å²) in [6, 6.07) is 42.4. The predicted molar refractivity (Wildman–Crippen MR) is 227 cm³/mol. The van der Waals surface area contributed by atoms with E-state index in [0.717, 1.165) is 20.9 Å². The number of imide groups is 2. The third kappa shape index (κ3) is 6.64. The fourth-order valence-corrected chi connectivity index (χ4v) is 8.96. The van der Waals surface area contributed by atoms with Crippen molar-refractivity contribution in [1.29, 1.82) is 0 Å². The third-order valence-corrected chi connectivity index (χ3v) is 11.9. The number of carbonyl (C=O) groups excluding carboxylic acids is 4. The number of amides is 4. The van der Waals surface area contributed by atoms with Gasteiger partial charge in [-0.25, -0.2) is 19.9 Å². The van der Waals surface area contributed by atoms with Crippen LogP contribution in [-0.4, -0.2) is 45.7 Å². The van der Waals surface area contributed by atoms with Crippen molar-refractivity contribution in [2.24, 2.45) is 11.8 Å². The van der Waals surface area contributed by atoms with Crippen LogP contribution in [0.1, 0.15) is 34.3 Å². The van der Waals surface area contributed by atoms with Crippen LogP contribution in [0.15, 0.2) is 158 Å². The van der Waals surface area contributed by atoms with Crippen LogP contribution in [0, 0.1) is 32.1 Å². The molecule has 0 aliphatic carbocycles. The van der Waals surface area contributed by atoms with Gasteiger partial charge in [-0.3, -0.25) is 49.1 Å². The summed E-state index contributed by atoms with van der Waals surface area (Å²) in [5.41, 5.74) is 4.67. The SMILES string of the molecule is O=C1[C@@H]2[C@@H](c3ccc([N+](=O)[O-])cc3)N(c3ccccc3)O[C@H]2C(=O)N1c1ccc(Cc2ccc(N3C(=O)[C@H]4[C@H](ON(c5ccccc5)[C@H]4c4ccc([N+](=O)[O-])cc4)C3=O)cc2)cc1. The van der Waals surface area contributed by atoms with E-state index in [1.54, 1.807) is 72.8 Å². The molecule has 0 saturated carbocycles. The Labute approximate surface area is 358 Å². The van der Waals surface area contributed by atoms with Gasteiger partial charge in [0.25, 0.3) is 23.2 Å². The van der Waals surface area contributed by atoms with E-state index in [1.165, 1.54) is 34.4 Å². The molecule has 312 valence electrons. The average molecular weight is 843 g/mol. The molecule has 4 amide bonds. The number of hydroxylamine groups is 2. The lowest BCUT2D eigenvalue weighted by molar-refractivity contribution is -0.385. The lowest BCUT2D eigenvalue weighted by atomic mass is 9.90. The lowest BCUT2D eigenvalue weighted by Gasteiger charge is -2.28. The number of hydrogen-bond acceptors (Lipinski definition) is 12. The van der Waals surface area contributed by atoms with E-state index in [9.17, 15) is 39.4 Å². The lowest BCUT2D eigenvalue weighted by Crippen LogP contribution is -2.37. The molecule has 16 nitrogen and oxygen atoms in total. The van der Waals surface area contributed by atoms with E-state index < -0.39 is 69.6 Å². The molecule has 0 radical (unpaired) electrons. The van der Waals surface area contributed by atoms with Gasteiger partial charge in [0.05, 0.1) is 44.7 Å². The van der Waals surface area contributed by atoms with Crippen LogP contribution in [0.2, 0.25) is 0 Å². The number of carbonyl (C=O) groups is 4. The largest absolute Gasteiger partial charge is 0.273 e. The average Bonchev–Trinajstić information content (AvgIpc) is 4.03. The van der Waals surface area contributed by atoms with Crippen molar-refractivity contribution < 1.29 is 38.7 Å². The topological polar surface area (TPSA) is 186 Å². The van der Waals surface area contributed by atoms with Crippen LogP contribution in [0.5, 0.6) is 0 Å². The summed E-state index contributed by atoms with van der Waals surface area (Å²) in [5.74, 6) is -3.80. The minimum Gasteiger partial charge on any atom is -0.273 e. The highest BCUT2D eigenvalue weighted by atomic mass is 16.7. The molecule has 6 aromatic carbocycles. The number of benzene rings is 6. The summed E-state index contributed by atoms with van der Waals surface area (Å²) in [4.78, 5) is 92.6. The van der Waals surface area contributed by atoms with Crippen LogP contribution in [0.3, 0.4) is 0 Å². The molecule has 4 saturated heterocycles. The Morgan fingerprint density at radius 3 is 1.11 bits per heavy atom. The number of nitro groups is 2. The molecule has 0 N–H and O–H groups in total. The molecule has 0 bridgehead atoms. The molecule has 6 atom stereocenters. The summed E-state index contributed by atoms with van der Waals surface area (Å²) in [5, 5.41) is 25.8. The summed E-state index contributed by atoms with van der Waals surface area (Å²) in [6.07, 6.45) is -1.78. The Bertz CT molecular complexity index is 2600. The Kier molecular flexibility index (Phi) is 9.57. The van der Waals surface area contributed by atoms with E-state index in [0.29, 0.717) is 40.3 Å². The third-order valence-electron chi connectivity index (χ3n) is 11.9. The van der Waals surface area contributed by atoms with E-state index in [-0.39, 0.29) is 11.4 Å². The highest BCUT2D eigenvalue weighted by Gasteiger charge is 2.61. The van der Waals surface area contributed by atoms with Gasteiger partial charge in [-0.2, -0.15) is 0 Å². The van der Waals surface area contributed by atoms with Crippen molar-refractivity contribution >= 4 is 57.8 Å². The van der Waals surface area contributed by atoms with Crippen LogP contribution in [0.4, 0.5) is 34.1 Å². The first kappa shape index (κ1) is 39.1.